The number of fused-ring (bicyclic) bond motifs is 1. The summed E-state index contributed by atoms with van der Waals surface area (Å²) in [7, 11) is 0. The largest absolute Gasteiger partial charge is 0.490 e. The summed E-state index contributed by atoms with van der Waals surface area (Å²) in [6, 6.07) is 8.89. The molecule has 1 aliphatic carbocycles. The van der Waals surface area contributed by atoms with Crippen LogP contribution in [0, 0.1) is 5.92 Å². The van der Waals surface area contributed by atoms with Gasteiger partial charge in [-0.1, -0.05) is 0 Å². The molecule has 1 aromatic carbocycles. The fraction of sp³-hybridized carbons (Fsp3) is 0.458. The average molecular weight is 472 g/mol. The first kappa shape index (κ1) is 23.1. The predicted octanol–water partition coefficient (Wildman–Crippen LogP) is 3.27. The number of carboxylic acids is 1. The van der Waals surface area contributed by atoms with Gasteiger partial charge in [0.05, 0.1) is 12.0 Å². The third-order valence-corrected chi connectivity index (χ3v) is 7.25. The molecule has 1 fully saturated rings. The third-order valence-electron chi connectivity index (χ3n) is 6.22. The van der Waals surface area contributed by atoms with Crippen LogP contribution in [0.15, 0.2) is 35.7 Å². The Balaban J connectivity index is 1.15. The molecule has 0 saturated heterocycles. The molecule has 3 N–H and O–H groups in total. The Bertz CT molecular complexity index is 982. The molecule has 176 valence electrons. The normalized spacial score (nSPS) is 19.9. The number of hydrogen-bond acceptors (Lipinski definition) is 5. The summed E-state index contributed by atoms with van der Waals surface area (Å²) in [5.41, 5.74) is 1.74. The monoisotopic (exact) mass is 471 g/mol. The van der Waals surface area contributed by atoms with Gasteiger partial charge in [-0.25, -0.2) is 4.79 Å². The molecular weight excluding hydrogens is 442 g/mol. The van der Waals surface area contributed by atoms with Crippen LogP contribution in [0.25, 0.3) is 0 Å². The van der Waals surface area contributed by atoms with E-state index >= 15 is 0 Å². The molecule has 33 heavy (non-hydrogen) atoms. The highest BCUT2D eigenvalue weighted by Crippen LogP contribution is 2.28. The van der Waals surface area contributed by atoms with Crippen molar-refractivity contribution in [2.45, 2.75) is 44.8 Å². The first-order chi connectivity index (χ1) is 16.0. The minimum Gasteiger partial charge on any atom is -0.490 e. The summed E-state index contributed by atoms with van der Waals surface area (Å²) < 4.78 is 5.94. The topological polar surface area (TPSA) is 108 Å². The van der Waals surface area contributed by atoms with Crippen molar-refractivity contribution in [3.63, 3.8) is 0 Å². The van der Waals surface area contributed by atoms with E-state index in [0.717, 1.165) is 19.3 Å². The van der Waals surface area contributed by atoms with Gasteiger partial charge < -0.3 is 25.4 Å². The second kappa shape index (κ2) is 10.7. The van der Waals surface area contributed by atoms with Crippen LogP contribution in [0.4, 0.5) is 4.79 Å². The summed E-state index contributed by atoms with van der Waals surface area (Å²) in [6.45, 7) is 2.04. The van der Waals surface area contributed by atoms with E-state index in [-0.39, 0.29) is 24.0 Å². The Morgan fingerprint density at radius 2 is 1.76 bits per heavy atom. The van der Waals surface area contributed by atoms with E-state index < -0.39 is 5.97 Å². The molecule has 1 saturated carbocycles. The molecule has 1 aliphatic heterocycles. The van der Waals surface area contributed by atoms with E-state index in [1.54, 1.807) is 40.5 Å². The summed E-state index contributed by atoms with van der Waals surface area (Å²) in [5.74, 6) is -0.535. The molecule has 3 amide bonds. The third kappa shape index (κ3) is 6.04. The number of nitrogens with zero attached hydrogens (tertiary/aromatic N) is 1. The number of rotatable bonds is 7. The summed E-state index contributed by atoms with van der Waals surface area (Å²) >= 11 is 1.74. The van der Waals surface area contributed by atoms with Crippen LogP contribution >= 0.6 is 11.3 Å². The number of amides is 3. The number of nitrogens with one attached hydrogen (secondary N) is 2. The zero-order valence-electron chi connectivity index (χ0n) is 18.4. The lowest BCUT2D eigenvalue weighted by atomic mass is 9.87. The van der Waals surface area contributed by atoms with E-state index in [1.165, 1.54) is 10.4 Å². The molecule has 9 heteroatoms. The predicted molar refractivity (Wildman–Crippen MR) is 125 cm³/mol. The SMILES string of the molecule is O=C(NCCNC(=O)N1CCc2sccc2C1)c1ccc(O[C@H]2CC[C@@H](C(=O)O)CC2)cc1. The van der Waals surface area contributed by atoms with E-state index in [9.17, 15) is 14.4 Å². The summed E-state index contributed by atoms with van der Waals surface area (Å²) in [5, 5.41) is 16.8. The lowest BCUT2D eigenvalue weighted by Gasteiger charge is -2.27. The van der Waals surface area contributed by atoms with Gasteiger partial charge in [0.1, 0.15) is 5.75 Å². The zero-order valence-corrected chi connectivity index (χ0v) is 19.2. The van der Waals surface area contributed by atoms with Crippen molar-refractivity contribution in [1.82, 2.24) is 15.5 Å². The van der Waals surface area contributed by atoms with Gasteiger partial charge in [0.2, 0.25) is 0 Å². The van der Waals surface area contributed by atoms with Gasteiger partial charge in [-0.15, -0.1) is 11.3 Å². The lowest BCUT2D eigenvalue weighted by Crippen LogP contribution is -2.44. The van der Waals surface area contributed by atoms with E-state index in [1.807, 2.05) is 0 Å². The number of carbonyl (C=O) groups is 3. The molecule has 1 aromatic heterocycles. The van der Waals surface area contributed by atoms with Crippen LogP contribution < -0.4 is 15.4 Å². The van der Waals surface area contributed by atoms with Crippen molar-refractivity contribution in [3.05, 3.63) is 51.7 Å². The minimum absolute atomic E-state index is 0.00937. The minimum atomic E-state index is -0.730. The highest BCUT2D eigenvalue weighted by atomic mass is 32.1. The Hall–Kier alpha value is -3.07. The number of urea groups is 1. The molecule has 0 radical (unpaired) electrons. The van der Waals surface area contributed by atoms with Crippen molar-refractivity contribution < 1.29 is 24.2 Å². The van der Waals surface area contributed by atoms with Crippen molar-refractivity contribution in [1.29, 1.82) is 0 Å². The highest BCUT2D eigenvalue weighted by molar-refractivity contribution is 7.10. The maximum atomic E-state index is 12.4. The molecule has 4 rings (SSSR count). The molecule has 0 atom stereocenters. The lowest BCUT2D eigenvalue weighted by molar-refractivity contribution is -0.143. The smallest absolute Gasteiger partial charge is 0.317 e. The molecule has 2 aromatic rings. The maximum Gasteiger partial charge on any atom is 0.317 e. The zero-order chi connectivity index (χ0) is 23.2. The molecule has 0 spiro atoms. The first-order valence-corrected chi connectivity index (χ1v) is 12.2. The van der Waals surface area contributed by atoms with Gasteiger partial charge in [0.15, 0.2) is 0 Å². The Morgan fingerprint density at radius 3 is 2.48 bits per heavy atom. The molecule has 8 nitrogen and oxygen atoms in total. The number of carbonyl (C=O) groups excluding carboxylic acids is 2. The summed E-state index contributed by atoms with van der Waals surface area (Å²) in [6.07, 6.45) is 3.59. The van der Waals surface area contributed by atoms with Crippen molar-refractivity contribution in [3.8, 4) is 5.75 Å². The van der Waals surface area contributed by atoms with Gasteiger partial charge in [-0.05, 0) is 73.4 Å². The molecule has 0 bridgehead atoms. The van der Waals surface area contributed by atoms with Gasteiger partial charge in [0.25, 0.3) is 5.91 Å². The number of aliphatic carboxylic acids is 1. The average Bonchev–Trinajstić information content (AvgIpc) is 3.30. The molecule has 0 unspecified atom stereocenters. The fourth-order valence-corrected chi connectivity index (χ4v) is 5.18. The van der Waals surface area contributed by atoms with Crippen LogP contribution in [0.3, 0.4) is 0 Å². The van der Waals surface area contributed by atoms with E-state index in [2.05, 4.69) is 22.1 Å². The van der Waals surface area contributed by atoms with Crippen LogP contribution in [0.2, 0.25) is 0 Å². The number of ether oxygens (including phenoxy) is 1. The number of thiophene rings is 1. The first-order valence-electron chi connectivity index (χ1n) is 11.4. The van der Waals surface area contributed by atoms with Crippen LogP contribution in [0.5, 0.6) is 5.75 Å². The van der Waals surface area contributed by atoms with Crippen LogP contribution in [-0.4, -0.2) is 53.7 Å². The van der Waals surface area contributed by atoms with Gasteiger partial charge >= 0.3 is 12.0 Å². The Labute approximate surface area is 196 Å². The number of benzene rings is 1. The van der Waals surface area contributed by atoms with Crippen molar-refractivity contribution in [2.24, 2.45) is 5.92 Å². The van der Waals surface area contributed by atoms with Gasteiger partial charge in [-0.3, -0.25) is 9.59 Å². The van der Waals surface area contributed by atoms with Gasteiger partial charge in [0, 0.05) is 36.6 Å². The van der Waals surface area contributed by atoms with Gasteiger partial charge in [-0.2, -0.15) is 0 Å². The van der Waals surface area contributed by atoms with Crippen LogP contribution in [-0.2, 0) is 17.8 Å². The second-order valence-electron chi connectivity index (χ2n) is 8.48. The number of hydrogen-bond donors (Lipinski definition) is 3. The Morgan fingerprint density at radius 1 is 1.03 bits per heavy atom. The van der Waals surface area contributed by atoms with E-state index in [0.29, 0.717) is 50.3 Å². The van der Waals surface area contributed by atoms with Crippen molar-refractivity contribution in [2.75, 3.05) is 19.6 Å². The maximum absolute atomic E-state index is 12.4. The Kier molecular flexibility index (Phi) is 7.49. The molecular formula is C24H29N3O5S. The molecule has 2 heterocycles. The fourth-order valence-electron chi connectivity index (χ4n) is 4.29. The van der Waals surface area contributed by atoms with Crippen molar-refractivity contribution >= 4 is 29.2 Å². The second-order valence-corrected chi connectivity index (χ2v) is 9.48. The quantitative estimate of drug-likeness (QED) is 0.537. The standard InChI is InChI=1S/C24H29N3O5S/c28-22(25-11-12-26-24(31)27-13-9-21-18(15-27)10-14-33-21)16-1-5-19(6-2-16)32-20-7-3-17(4-8-20)23(29)30/h1-2,5-6,10,14,17,20H,3-4,7-9,11-13,15H2,(H,25,28)(H,26,31)(H,29,30)/t17-,20+. The number of carboxylic acid groups (broad SMARTS) is 1. The highest BCUT2D eigenvalue weighted by Gasteiger charge is 2.27. The summed E-state index contributed by atoms with van der Waals surface area (Å²) in [4.78, 5) is 38.9. The van der Waals surface area contributed by atoms with E-state index in [4.69, 9.17) is 9.84 Å². The molecule has 2 aliphatic rings. The van der Waals surface area contributed by atoms with Crippen LogP contribution in [0.1, 0.15) is 46.5 Å².